The van der Waals surface area contributed by atoms with Crippen molar-refractivity contribution < 1.29 is 0 Å². The lowest BCUT2D eigenvalue weighted by molar-refractivity contribution is 0.702. The van der Waals surface area contributed by atoms with E-state index in [2.05, 4.69) is 10.3 Å². The largest absolute Gasteiger partial charge is 0.318 e. The van der Waals surface area contributed by atoms with E-state index in [1.165, 1.54) is 6.07 Å². The van der Waals surface area contributed by atoms with Crippen molar-refractivity contribution in [2.75, 3.05) is 5.84 Å². The van der Waals surface area contributed by atoms with Crippen molar-refractivity contribution in [1.29, 1.82) is 0 Å². The van der Waals surface area contributed by atoms with Gasteiger partial charge in [0.2, 0.25) is 0 Å². The summed E-state index contributed by atoms with van der Waals surface area (Å²) in [6.45, 7) is 0. The van der Waals surface area contributed by atoms with E-state index in [1.54, 1.807) is 12.1 Å². The maximum absolute atomic E-state index is 11.4. The third kappa shape index (κ3) is 1.23. The van der Waals surface area contributed by atoms with E-state index in [0.717, 1.165) is 0 Å². The minimum absolute atomic E-state index is 0.366. The molecule has 0 aliphatic rings. The molecule has 0 bridgehead atoms. The van der Waals surface area contributed by atoms with Gasteiger partial charge < -0.3 is 5.84 Å². The van der Waals surface area contributed by atoms with E-state index in [4.69, 9.17) is 17.4 Å². The predicted molar refractivity (Wildman–Crippen MR) is 49.0 cm³/mol. The first-order chi connectivity index (χ1) is 6.18. The summed E-state index contributed by atoms with van der Waals surface area (Å²) < 4.78 is 0. The van der Waals surface area contributed by atoms with Gasteiger partial charge in [-0.25, -0.2) is 0 Å². The molecule has 1 aromatic heterocycles. The number of benzene rings is 1. The van der Waals surface area contributed by atoms with Gasteiger partial charge in [-0.3, -0.25) is 4.79 Å². The third-order valence-corrected chi connectivity index (χ3v) is 1.88. The quantitative estimate of drug-likeness (QED) is 0.609. The fraction of sp³-hybridized carbons (Fsp3) is 0. The first kappa shape index (κ1) is 8.00. The molecule has 0 atom stereocenters. The Hall–Kier alpha value is -1.62. The van der Waals surface area contributed by atoms with Crippen LogP contribution >= 0.6 is 11.6 Å². The Kier molecular flexibility index (Phi) is 1.66. The summed E-state index contributed by atoms with van der Waals surface area (Å²) in [6.07, 6.45) is 0. The molecule has 0 unspecified atom stereocenters. The van der Waals surface area contributed by atoms with Crippen LogP contribution in [0.5, 0.6) is 0 Å². The maximum atomic E-state index is 11.4. The molecule has 0 saturated heterocycles. The molecule has 2 aromatic rings. The van der Waals surface area contributed by atoms with Gasteiger partial charge in [0.1, 0.15) is 5.52 Å². The zero-order valence-corrected chi connectivity index (χ0v) is 7.19. The Bertz CT molecular complexity index is 516. The van der Waals surface area contributed by atoms with E-state index in [1.807, 2.05) is 0 Å². The van der Waals surface area contributed by atoms with Gasteiger partial charge in [0.25, 0.3) is 5.56 Å². The average molecular weight is 197 g/mol. The van der Waals surface area contributed by atoms with Gasteiger partial charge in [0.05, 0.1) is 5.39 Å². The molecule has 0 radical (unpaired) electrons. The van der Waals surface area contributed by atoms with Crippen LogP contribution in [0.2, 0.25) is 5.02 Å². The number of aromatic nitrogens is 3. The van der Waals surface area contributed by atoms with E-state index in [-0.39, 0.29) is 0 Å². The van der Waals surface area contributed by atoms with Crippen LogP contribution in [0.3, 0.4) is 0 Å². The van der Waals surface area contributed by atoms with Crippen LogP contribution in [-0.4, -0.2) is 15.1 Å². The van der Waals surface area contributed by atoms with Crippen molar-refractivity contribution in [3.8, 4) is 0 Å². The van der Waals surface area contributed by atoms with E-state index in [0.29, 0.717) is 20.7 Å². The monoisotopic (exact) mass is 196 g/mol. The van der Waals surface area contributed by atoms with Crippen LogP contribution in [0.1, 0.15) is 0 Å². The number of nitrogens with two attached hydrogens (primary N) is 1. The molecule has 1 heterocycles. The van der Waals surface area contributed by atoms with Gasteiger partial charge in [0, 0.05) is 5.02 Å². The number of halogens is 1. The Morgan fingerprint density at radius 3 is 3.00 bits per heavy atom. The molecular weight excluding hydrogens is 192 g/mol. The standard InChI is InChI=1S/C7H5ClN4O/c8-4-1-2-6-5(3-4)7(13)12(9)11-10-6/h1-3H,9H2. The summed E-state index contributed by atoms with van der Waals surface area (Å²) in [7, 11) is 0. The van der Waals surface area contributed by atoms with Crippen molar-refractivity contribution in [2.45, 2.75) is 0 Å². The van der Waals surface area contributed by atoms with Gasteiger partial charge in [-0.2, -0.15) is 0 Å². The molecule has 0 amide bonds. The summed E-state index contributed by atoms with van der Waals surface area (Å²) in [5.74, 6) is 5.22. The van der Waals surface area contributed by atoms with Crippen LogP contribution in [-0.2, 0) is 0 Å². The minimum Gasteiger partial charge on any atom is -0.318 e. The summed E-state index contributed by atoms with van der Waals surface area (Å²) in [5, 5.41) is 7.97. The SMILES string of the molecule is Nn1nnc2ccc(Cl)cc2c1=O. The zero-order valence-electron chi connectivity index (χ0n) is 6.44. The van der Waals surface area contributed by atoms with Crippen molar-refractivity contribution in [3.05, 3.63) is 33.6 Å². The maximum Gasteiger partial charge on any atom is 0.296 e. The van der Waals surface area contributed by atoms with E-state index in [9.17, 15) is 4.79 Å². The fourth-order valence-electron chi connectivity index (χ4n) is 1.03. The number of nitrogen functional groups attached to an aromatic ring is 1. The molecule has 0 aliphatic carbocycles. The molecule has 0 spiro atoms. The zero-order chi connectivity index (χ0) is 9.42. The molecule has 13 heavy (non-hydrogen) atoms. The number of hydrogen-bond acceptors (Lipinski definition) is 4. The van der Waals surface area contributed by atoms with Crippen LogP contribution < -0.4 is 11.4 Å². The van der Waals surface area contributed by atoms with Gasteiger partial charge in [0.15, 0.2) is 0 Å². The minimum atomic E-state index is -0.410. The second-order valence-electron chi connectivity index (χ2n) is 2.50. The normalized spacial score (nSPS) is 10.5. The van der Waals surface area contributed by atoms with Crippen molar-refractivity contribution in [3.63, 3.8) is 0 Å². The second-order valence-corrected chi connectivity index (χ2v) is 2.94. The Morgan fingerprint density at radius 1 is 1.46 bits per heavy atom. The van der Waals surface area contributed by atoms with Gasteiger partial charge >= 0.3 is 0 Å². The predicted octanol–water partition coefficient (Wildman–Crippen LogP) is 0.159. The average Bonchev–Trinajstić information content (AvgIpc) is 2.12. The van der Waals surface area contributed by atoms with Gasteiger partial charge in [-0.1, -0.05) is 11.6 Å². The summed E-state index contributed by atoms with van der Waals surface area (Å²) in [4.78, 5) is 12.0. The van der Waals surface area contributed by atoms with Crippen molar-refractivity contribution in [1.82, 2.24) is 15.1 Å². The molecule has 0 fully saturated rings. The summed E-state index contributed by atoms with van der Waals surface area (Å²) in [5.41, 5.74) is 0.0728. The lowest BCUT2D eigenvalue weighted by Gasteiger charge is -1.97. The molecule has 1 aromatic carbocycles. The first-order valence-electron chi connectivity index (χ1n) is 3.49. The molecule has 2 N–H and O–H groups in total. The highest BCUT2D eigenvalue weighted by atomic mass is 35.5. The number of fused-ring (bicyclic) bond motifs is 1. The summed E-state index contributed by atoms with van der Waals surface area (Å²) in [6, 6.07) is 4.77. The second kappa shape index (κ2) is 2.70. The number of hydrogen-bond donors (Lipinski definition) is 1. The highest BCUT2D eigenvalue weighted by Gasteiger charge is 2.02. The first-order valence-corrected chi connectivity index (χ1v) is 3.86. The number of rotatable bonds is 0. The van der Waals surface area contributed by atoms with Crippen molar-refractivity contribution in [2.24, 2.45) is 0 Å². The highest BCUT2D eigenvalue weighted by molar-refractivity contribution is 6.31. The third-order valence-electron chi connectivity index (χ3n) is 1.65. The molecule has 0 saturated carbocycles. The van der Waals surface area contributed by atoms with Gasteiger partial charge in [-0.15, -0.1) is 9.89 Å². The highest BCUT2D eigenvalue weighted by Crippen LogP contribution is 2.12. The lowest BCUT2D eigenvalue weighted by atomic mass is 10.2. The van der Waals surface area contributed by atoms with E-state index >= 15 is 0 Å². The molecule has 66 valence electrons. The Balaban J connectivity index is 2.97. The van der Waals surface area contributed by atoms with Crippen molar-refractivity contribution >= 4 is 22.5 Å². The Morgan fingerprint density at radius 2 is 2.23 bits per heavy atom. The topological polar surface area (TPSA) is 73.8 Å². The molecule has 2 rings (SSSR count). The van der Waals surface area contributed by atoms with E-state index < -0.39 is 5.56 Å². The smallest absolute Gasteiger partial charge is 0.296 e. The fourth-order valence-corrected chi connectivity index (χ4v) is 1.20. The summed E-state index contributed by atoms with van der Waals surface area (Å²) >= 11 is 5.71. The molecule has 5 nitrogen and oxygen atoms in total. The lowest BCUT2D eigenvalue weighted by Crippen LogP contribution is -2.30. The number of nitrogens with zero attached hydrogens (tertiary/aromatic N) is 3. The van der Waals surface area contributed by atoms with Crippen LogP contribution in [0, 0.1) is 0 Å². The Labute approximate surface area is 77.7 Å². The van der Waals surface area contributed by atoms with Crippen LogP contribution in [0.4, 0.5) is 0 Å². The molecule has 0 aliphatic heterocycles. The molecular formula is C7H5ClN4O. The van der Waals surface area contributed by atoms with Crippen LogP contribution in [0.25, 0.3) is 10.9 Å². The van der Waals surface area contributed by atoms with Crippen LogP contribution in [0.15, 0.2) is 23.0 Å². The molecule has 6 heteroatoms. The van der Waals surface area contributed by atoms with Gasteiger partial charge in [-0.05, 0) is 23.4 Å².